The Balaban J connectivity index is 0. The first kappa shape index (κ1) is 16.3. The van der Waals surface area contributed by atoms with Gasteiger partial charge >= 0.3 is 5.97 Å². The van der Waals surface area contributed by atoms with E-state index in [1.165, 1.54) is 6.66 Å². The molecule has 0 bridgehead atoms. The number of halogens is 1. The van der Waals surface area contributed by atoms with Crippen molar-refractivity contribution in [2.45, 2.75) is 19.4 Å². The van der Waals surface area contributed by atoms with Crippen LogP contribution in [0.15, 0.2) is 0 Å². The van der Waals surface area contributed by atoms with Gasteiger partial charge in [0.25, 0.3) is 0 Å². The summed E-state index contributed by atoms with van der Waals surface area (Å²) in [6.07, 6.45) is 0.400. The molecule has 86 valence electrons. The molecule has 2 unspecified atom stereocenters. The monoisotopic (exact) mass is 245 g/mol. The van der Waals surface area contributed by atoms with Crippen LogP contribution in [0.25, 0.3) is 0 Å². The standard InChI is InChI=1S/C7H16NO4P.ClH/c1-3-12-13(2,11)5-4-6(8)7(9)10;/h6H,3-5,8H2,1-2H3,(H,9,10);1H. The van der Waals surface area contributed by atoms with Crippen molar-refractivity contribution in [3.63, 3.8) is 0 Å². The highest BCUT2D eigenvalue weighted by molar-refractivity contribution is 7.58. The Bertz CT molecular complexity index is 224. The van der Waals surface area contributed by atoms with Gasteiger partial charge in [0.2, 0.25) is 0 Å². The summed E-state index contributed by atoms with van der Waals surface area (Å²) in [5.74, 6) is -1.07. The van der Waals surface area contributed by atoms with Crippen LogP contribution < -0.4 is 5.73 Å². The fourth-order valence-corrected chi connectivity index (χ4v) is 2.26. The van der Waals surface area contributed by atoms with E-state index in [1.54, 1.807) is 6.92 Å². The van der Waals surface area contributed by atoms with E-state index in [1.807, 2.05) is 0 Å². The first-order valence-corrected chi connectivity index (χ1v) is 6.34. The number of rotatable bonds is 6. The molecule has 0 aromatic heterocycles. The van der Waals surface area contributed by atoms with Crippen LogP contribution in [0, 0.1) is 0 Å². The van der Waals surface area contributed by atoms with Gasteiger partial charge < -0.3 is 15.4 Å². The average Bonchev–Trinajstić information content (AvgIpc) is 2.00. The summed E-state index contributed by atoms with van der Waals surface area (Å²) in [4.78, 5) is 10.3. The Morgan fingerprint density at radius 3 is 2.50 bits per heavy atom. The summed E-state index contributed by atoms with van der Waals surface area (Å²) < 4.78 is 16.4. The number of hydrogen-bond acceptors (Lipinski definition) is 4. The zero-order valence-corrected chi connectivity index (χ0v) is 10.0. The van der Waals surface area contributed by atoms with E-state index in [0.29, 0.717) is 6.61 Å². The number of hydrogen-bond donors (Lipinski definition) is 2. The molecule has 0 aliphatic rings. The van der Waals surface area contributed by atoms with Crippen LogP contribution in [0.2, 0.25) is 0 Å². The van der Waals surface area contributed by atoms with Gasteiger partial charge in [-0.2, -0.15) is 0 Å². The van der Waals surface area contributed by atoms with Crippen molar-refractivity contribution >= 4 is 25.7 Å². The summed E-state index contributed by atoms with van der Waals surface area (Å²) in [5.41, 5.74) is 5.24. The van der Waals surface area contributed by atoms with Gasteiger partial charge in [-0.25, -0.2) is 0 Å². The van der Waals surface area contributed by atoms with E-state index in [9.17, 15) is 9.36 Å². The van der Waals surface area contributed by atoms with E-state index in [4.69, 9.17) is 15.4 Å². The van der Waals surface area contributed by atoms with Crippen molar-refractivity contribution < 1.29 is 19.0 Å². The van der Waals surface area contributed by atoms with Crippen LogP contribution in [-0.2, 0) is 13.9 Å². The van der Waals surface area contributed by atoms with Crippen molar-refractivity contribution in [3.8, 4) is 0 Å². The molecule has 0 rings (SSSR count). The first-order valence-electron chi connectivity index (χ1n) is 4.08. The number of aliphatic carboxylic acids is 1. The lowest BCUT2D eigenvalue weighted by Gasteiger charge is -2.13. The Kier molecular flexibility index (Phi) is 8.45. The molecule has 0 aliphatic carbocycles. The molecule has 0 saturated carbocycles. The molecule has 14 heavy (non-hydrogen) atoms. The van der Waals surface area contributed by atoms with Crippen LogP contribution in [-0.4, -0.2) is 36.6 Å². The van der Waals surface area contributed by atoms with Crippen molar-refractivity contribution in [2.75, 3.05) is 19.4 Å². The maximum atomic E-state index is 11.5. The van der Waals surface area contributed by atoms with Crippen LogP contribution in [0.3, 0.4) is 0 Å². The third-order valence-corrected chi connectivity index (χ3v) is 3.44. The van der Waals surface area contributed by atoms with Crippen LogP contribution in [0.1, 0.15) is 13.3 Å². The number of carbonyl (C=O) groups is 1. The van der Waals surface area contributed by atoms with E-state index in [2.05, 4.69) is 0 Å². The van der Waals surface area contributed by atoms with E-state index < -0.39 is 19.4 Å². The highest BCUT2D eigenvalue weighted by Crippen LogP contribution is 2.42. The molecular weight excluding hydrogens is 229 g/mol. The van der Waals surface area contributed by atoms with Crippen LogP contribution in [0.4, 0.5) is 0 Å². The summed E-state index contributed by atoms with van der Waals surface area (Å²) in [7, 11) is -2.63. The SMILES string of the molecule is CCOP(C)(=O)CCC(N)C(=O)O.Cl. The van der Waals surface area contributed by atoms with Crippen LogP contribution in [0.5, 0.6) is 0 Å². The molecule has 5 nitrogen and oxygen atoms in total. The number of carboxylic acid groups (broad SMARTS) is 1. The zero-order valence-electron chi connectivity index (χ0n) is 8.30. The quantitative estimate of drug-likeness (QED) is 0.685. The molecule has 0 radical (unpaired) electrons. The smallest absolute Gasteiger partial charge is 0.320 e. The predicted octanol–water partition coefficient (Wildman–Crippen LogP) is 1.15. The molecule has 0 aliphatic heterocycles. The average molecular weight is 246 g/mol. The lowest BCUT2D eigenvalue weighted by molar-refractivity contribution is -0.138. The van der Waals surface area contributed by atoms with Gasteiger partial charge in [-0.1, -0.05) is 0 Å². The van der Waals surface area contributed by atoms with E-state index in [-0.39, 0.29) is 25.0 Å². The molecule has 0 aromatic carbocycles. The van der Waals surface area contributed by atoms with Crippen molar-refractivity contribution in [2.24, 2.45) is 5.73 Å². The topological polar surface area (TPSA) is 89.6 Å². The van der Waals surface area contributed by atoms with Gasteiger partial charge in [-0.15, -0.1) is 12.4 Å². The molecule has 3 N–H and O–H groups in total. The van der Waals surface area contributed by atoms with Gasteiger partial charge in [0.05, 0.1) is 6.61 Å². The molecule has 0 fully saturated rings. The third-order valence-electron chi connectivity index (χ3n) is 1.57. The molecule has 0 amide bonds. The summed E-state index contributed by atoms with van der Waals surface area (Å²) in [6.45, 7) is 3.61. The highest BCUT2D eigenvalue weighted by Gasteiger charge is 2.19. The molecule has 0 spiro atoms. The van der Waals surface area contributed by atoms with E-state index >= 15 is 0 Å². The maximum Gasteiger partial charge on any atom is 0.320 e. The van der Waals surface area contributed by atoms with Crippen molar-refractivity contribution in [1.29, 1.82) is 0 Å². The lowest BCUT2D eigenvalue weighted by Crippen LogP contribution is -2.30. The third kappa shape index (κ3) is 7.33. The summed E-state index contributed by atoms with van der Waals surface area (Å²) >= 11 is 0. The Labute approximate surface area is 89.9 Å². The number of carboxylic acids is 1. The molecule has 2 atom stereocenters. The van der Waals surface area contributed by atoms with Gasteiger partial charge in [0.1, 0.15) is 6.04 Å². The minimum Gasteiger partial charge on any atom is -0.480 e. The second-order valence-electron chi connectivity index (χ2n) is 2.89. The molecular formula is C7H17ClNO4P. The predicted molar refractivity (Wildman–Crippen MR) is 57.5 cm³/mol. The Hall–Kier alpha value is -0.0900. The molecule has 0 aromatic rings. The Morgan fingerprint density at radius 2 is 2.14 bits per heavy atom. The molecule has 0 saturated heterocycles. The second kappa shape index (κ2) is 7.23. The summed E-state index contributed by atoms with van der Waals surface area (Å²) in [6, 6.07) is -0.950. The van der Waals surface area contributed by atoms with Gasteiger partial charge in [-0.3, -0.25) is 9.36 Å². The first-order chi connectivity index (χ1) is 5.89. The maximum absolute atomic E-state index is 11.5. The molecule has 0 heterocycles. The lowest BCUT2D eigenvalue weighted by atomic mass is 10.2. The minimum atomic E-state index is -2.63. The Morgan fingerprint density at radius 1 is 1.64 bits per heavy atom. The normalized spacial score (nSPS) is 16.5. The number of nitrogens with two attached hydrogens (primary N) is 1. The minimum absolute atomic E-state index is 0. The molecule has 7 heteroatoms. The van der Waals surface area contributed by atoms with Crippen LogP contribution >= 0.6 is 19.8 Å². The fourth-order valence-electron chi connectivity index (χ4n) is 0.835. The van der Waals surface area contributed by atoms with Crippen molar-refractivity contribution in [1.82, 2.24) is 0 Å². The van der Waals surface area contributed by atoms with E-state index in [0.717, 1.165) is 0 Å². The summed E-state index contributed by atoms with van der Waals surface area (Å²) in [5, 5.41) is 8.45. The zero-order chi connectivity index (χ0) is 10.5. The van der Waals surface area contributed by atoms with Gasteiger partial charge in [-0.05, 0) is 13.3 Å². The highest BCUT2D eigenvalue weighted by atomic mass is 35.5. The van der Waals surface area contributed by atoms with Gasteiger partial charge in [0.15, 0.2) is 7.37 Å². The second-order valence-corrected chi connectivity index (χ2v) is 5.62. The fraction of sp³-hybridized carbons (Fsp3) is 0.857. The van der Waals surface area contributed by atoms with Crippen molar-refractivity contribution in [3.05, 3.63) is 0 Å². The largest absolute Gasteiger partial charge is 0.480 e. The van der Waals surface area contributed by atoms with Gasteiger partial charge in [0, 0.05) is 12.8 Å².